The van der Waals surface area contributed by atoms with Crippen LogP contribution in [0.4, 0.5) is 5.69 Å². The fourth-order valence-corrected chi connectivity index (χ4v) is 3.96. The predicted molar refractivity (Wildman–Crippen MR) is 88.6 cm³/mol. The number of nitrogens with zero attached hydrogens (tertiary/aromatic N) is 1. The topological polar surface area (TPSA) is 20.3 Å². The molecule has 0 bridgehead atoms. The number of amides is 1. The molecule has 2 nitrogen and oxygen atoms in total. The number of carbonyl (C=O) groups excluding carboxylic acids is 1. The Morgan fingerprint density at radius 2 is 2.11 bits per heavy atom. The van der Waals surface area contributed by atoms with Gasteiger partial charge in [0.15, 0.2) is 0 Å². The molecule has 0 fully saturated rings. The number of anilines is 1. The van der Waals surface area contributed by atoms with Crippen LogP contribution >= 0.6 is 22.6 Å². The molecule has 1 aromatic carbocycles. The maximum Gasteiger partial charge on any atom is 0.224 e. The zero-order valence-electron chi connectivity index (χ0n) is 11.7. The van der Waals surface area contributed by atoms with Gasteiger partial charge in [-0.3, -0.25) is 4.79 Å². The molecule has 102 valence electrons. The first-order chi connectivity index (χ1) is 9.00. The molecule has 1 aromatic rings. The minimum atomic E-state index is 0.126. The Morgan fingerprint density at radius 1 is 1.37 bits per heavy atom. The van der Waals surface area contributed by atoms with Crippen LogP contribution in [0.2, 0.25) is 0 Å². The van der Waals surface area contributed by atoms with Crippen molar-refractivity contribution in [1.82, 2.24) is 0 Å². The molecule has 19 heavy (non-hydrogen) atoms. The zero-order chi connectivity index (χ0) is 14.0. The summed E-state index contributed by atoms with van der Waals surface area (Å²) in [6.07, 6.45) is 7.72. The van der Waals surface area contributed by atoms with Gasteiger partial charge in [0.05, 0.1) is 11.7 Å². The quantitative estimate of drug-likeness (QED) is 0.560. The molecule has 0 N–H and O–H groups in total. The van der Waals surface area contributed by atoms with E-state index in [1.165, 1.54) is 11.1 Å². The molecule has 0 spiro atoms. The highest BCUT2D eigenvalue weighted by Crippen LogP contribution is 2.32. The predicted octanol–water partition coefficient (Wildman–Crippen LogP) is 4.37. The van der Waals surface area contributed by atoms with Gasteiger partial charge in [-0.1, -0.05) is 18.2 Å². The van der Waals surface area contributed by atoms with E-state index in [0.29, 0.717) is 0 Å². The van der Waals surface area contributed by atoms with Crippen molar-refractivity contribution < 1.29 is 4.79 Å². The second-order valence-electron chi connectivity index (χ2n) is 5.23. The molecule has 0 radical (unpaired) electrons. The summed E-state index contributed by atoms with van der Waals surface area (Å²) in [5.74, 6) is 0.126. The summed E-state index contributed by atoms with van der Waals surface area (Å²) in [4.78, 5) is 14.1. The summed E-state index contributed by atoms with van der Waals surface area (Å²) in [5.41, 5.74) is 3.50. The van der Waals surface area contributed by atoms with Crippen LogP contribution in [-0.2, 0) is 4.79 Å². The SMILES string of the molecule is CC(=O)N(c1c(C)cc(C)cc1I)[C@@H]1C=CCCC1. The Morgan fingerprint density at radius 3 is 2.63 bits per heavy atom. The monoisotopic (exact) mass is 369 g/mol. The Labute approximate surface area is 129 Å². The van der Waals surface area contributed by atoms with Crippen LogP contribution in [0.1, 0.15) is 37.3 Å². The third-order valence-electron chi connectivity index (χ3n) is 3.54. The van der Waals surface area contributed by atoms with Crippen molar-refractivity contribution >= 4 is 34.2 Å². The molecule has 1 aliphatic carbocycles. The Balaban J connectivity index is 2.48. The maximum absolute atomic E-state index is 12.1. The van der Waals surface area contributed by atoms with E-state index >= 15 is 0 Å². The van der Waals surface area contributed by atoms with Crippen molar-refractivity contribution in [3.63, 3.8) is 0 Å². The summed E-state index contributed by atoms with van der Waals surface area (Å²) >= 11 is 2.34. The molecule has 0 saturated carbocycles. The lowest BCUT2D eigenvalue weighted by Crippen LogP contribution is -2.39. The lowest BCUT2D eigenvalue weighted by Gasteiger charge is -2.32. The molecule has 1 aliphatic rings. The van der Waals surface area contributed by atoms with Gasteiger partial charge in [0.2, 0.25) is 5.91 Å². The van der Waals surface area contributed by atoms with E-state index in [1.807, 2.05) is 4.90 Å². The summed E-state index contributed by atoms with van der Waals surface area (Å²) in [6.45, 7) is 5.85. The normalized spacial score (nSPS) is 18.4. The number of benzene rings is 1. The molecule has 0 aromatic heterocycles. The van der Waals surface area contributed by atoms with Gasteiger partial charge in [-0.15, -0.1) is 0 Å². The minimum absolute atomic E-state index is 0.126. The van der Waals surface area contributed by atoms with E-state index in [-0.39, 0.29) is 11.9 Å². The number of aryl methyl sites for hydroxylation is 2. The first-order valence-corrected chi connectivity index (χ1v) is 7.82. The first-order valence-electron chi connectivity index (χ1n) is 6.74. The molecule has 2 rings (SSSR count). The average Bonchev–Trinajstić information content (AvgIpc) is 2.34. The third kappa shape index (κ3) is 3.19. The van der Waals surface area contributed by atoms with E-state index in [0.717, 1.165) is 28.5 Å². The number of carbonyl (C=O) groups is 1. The molecule has 1 atom stereocenters. The van der Waals surface area contributed by atoms with Crippen LogP contribution in [-0.4, -0.2) is 11.9 Å². The van der Waals surface area contributed by atoms with Crippen molar-refractivity contribution in [2.24, 2.45) is 0 Å². The van der Waals surface area contributed by atoms with Gasteiger partial charge in [-0.05, 0) is 72.9 Å². The highest BCUT2D eigenvalue weighted by molar-refractivity contribution is 14.1. The van der Waals surface area contributed by atoms with E-state index in [4.69, 9.17) is 0 Å². The number of hydrogen-bond acceptors (Lipinski definition) is 1. The van der Waals surface area contributed by atoms with Gasteiger partial charge in [0.1, 0.15) is 0 Å². The maximum atomic E-state index is 12.1. The molecular formula is C16H20INO. The second kappa shape index (κ2) is 6.07. The van der Waals surface area contributed by atoms with E-state index in [1.54, 1.807) is 6.92 Å². The summed E-state index contributed by atoms with van der Waals surface area (Å²) in [5, 5.41) is 0. The molecule has 3 heteroatoms. The van der Waals surface area contributed by atoms with Crippen LogP contribution in [0.5, 0.6) is 0 Å². The molecule has 0 saturated heterocycles. The van der Waals surface area contributed by atoms with E-state index in [2.05, 4.69) is 60.7 Å². The second-order valence-corrected chi connectivity index (χ2v) is 6.39. The summed E-state index contributed by atoms with van der Waals surface area (Å²) in [6, 6.07) is 4.51. The van der Waals surface area contributed by atoms with E-state index in [9.17, 15) is 4.79 Å². The molecule has 0 heterocycles. The standard InChI is InChI=1S/C16H20INO/c1-11-9-12(2)16(15(17)10-11)18(13(3)19)14-7-5-4-6-8-14/h5,7,9-10,14H,4,6,8H2,1-3H3/t14-/m1/s1. The molecule has 1 amide bonds. The van der Waals surface area contributed by atoms with Gasteiger partial charge >= 0.3 is 0 Å². The lowest BCUT2D eigenvalue weighted by molar-refractivity contribution is -0.116. The van der Waals surface area contributed by atoms with Crippen molar-refractivity contribution in [3.05, 3.63) is 39.0 Å². The van der Waals surface area contributed by atoms with E-state index < -0.39 is 0 Å². The van der Waals surface area contributed by atoms with Crippen LogP contribution in [0, 0.1) is 17.4 Å². The van der Waals surface area contributed by atoms with Crippen LogP contribution < -0.4 is 4.90 Å². The van der Waals surface area contributed by atoms with Gasteiger partial charge in [0.25, 0.3) is 0 Å². The fourth-order valence-electron chi connectivity index (χ4n) is 2.78. The van der Waals surface area contributed by atoms with Gasteiger partial charge < -0.3 is 4.90 Å². The summed E-state index contributed by atoms with van der Waals surface area (Å²) in [7, 11) is 0. The Bertz CT molecular complexity index is 498. The van der Waals surface area contributed by atoms with Crippen molar-refractivity contribution in [2.75, 3.05) is 4.90 Å². The highest BCUT2D eigenvalue weighted by atomic mass is 127. The van der Waals surface area contributed by atoms with Gasteiger partial charge in [0, 0.05) is 10.5 Å². The number of hydrogen-bond donors (Lipinski definition) is 0. The Hall–Kier alpha value is -0.840. The average molecular weight is 369 g/mol. The van der Waals surface area contributed by atoms with Crippen LogP contribution in [0.3, 0.4) is 0 Å². The fraction of sp³-hybridized carbons (Fsp3) is 0.438. The third-order valence-corrected chi connectivity index (χ3v) is 4.36. The summed E-state index contributed by atoms with van der Waals surface area (Å²) < 4.78 is 1.16. The molecule has 0 unspecified atom stereocenters. The number of allylic oxidation sites excluding steroid dienone is 1. The van der Waals surface area contributed by atoms with Crippen LogP contribution in [0.15, 0.2) is 24.3 Å². The minimum Gasteiger partial charge on any atom is -0.304 e. The first kappa shape index (κ1) is 14.6. The Kier molecular flexibility index (Phi) is 4.66. The number of halogens is 1. The smallest absolute Gasteiger partial charge is 0.224 e. The van der Waals surface area contributed by atoms with Crippen molar-refractivity contribution in [1.29, 1.82) is 0 Å². The van der Waals surface area contributed by atoms with Crippen molar-refractivity contribution in [3.8, 4) is 0 Å². The lowest BCUT2D eigenvalue weighted by atomic mass is 9.99. The largest absolute Gasteiger partial charge is 0.304 e. The van der Waals surface area contributed by atoms with Gasteiger partial charge in [-0.25, -0.2) is 0 Å². The molecular weight excluding hydrogens is 349 g/mol. The highest BCUT2D eigenvalue weighted by Gasteiger charge is 2.25. The van der Waals surface area contributed by atoms with Crippen molar-refractivity contribution in [2.45, 2.75) is 46.1 Å². The van der Waals surface area contributed by atoms with Gasteiger partial charge in [-0.2, -0.15) is 0 Å². The number of rotatable bonds is 2. The zero-order valence-corrected chi connectivity index (χ0v) is 13.9. The van der Waals surface area contributed by atoms with Crippen LogP contribution in [0.25, 0.3) is 0 Å². The molecule has 0 aliphatic heterocycles.